The third-order valence-electron chi connectivity index (χ3n) is 3.83. The Kier molecular flexibility index (Phi) is 5.32. The van der Waals surface area contributed by atoms with Gasteiger partial charge in [-0.25, -0.2) is 0 Å². The maximum absolute atomic E-state index is 12.3. The lowest BCUT2D eigenvalue weighted by atomic mass is 10.2. The van der Waals surface area contributed by atoms with E-state index in [2.05, 4.69) is 5.32 Å². The van der Waals surface area contributed by atoms with Crippen molar-refractivity contribution < 1.29 is 19.1 Å². The van der Waals surface area contributed by atoms with Crippen LogP contribution in [-0.2, 0) is 14.3 Å². The normalized spacial score (nSPS) is 22.4. The third-order valence-corrected chi connectivity index (χ3v) is 4.74. The first kappa shape index (κ1) is 16.7. The van der Waals surface area contributed by atoms with Gasteiger partial charge in [-0.2, -0.15) is 0 Å². The third kappa shape index (κ3) is 3.85. The molecule has 1 aromatic rings. The van der Waals surface area contributed by atoms with E-state index in [1.165, 1.54) is 0 Å². The van der Waals surface area contributed by atoms with Crippen LogP contribution in [0.5, 0.6) is 0 Å². The highest BCUT2D eigenvalue weighted by Gasteiger charge is 2.34. The Morgan fingerprint density at radius 1 is 1.33 bits per heavy atom. The minimum atomic E-state index is -0.405. The number of benzene rings is 1. The fourth-order valence-corrected chi connectivity index (χ4v) is 3.45. The van der Waals surface area contributed by atoms with Gasteiger partial charge in [0, 0.05) is 19.7 Å². The summed E-state index contributed by atoms with van der Waals surface area (Å²) in [6.07, 6.45) is 2.90. The molecule has 126 valence electrons. The first-order valence-electron chi connectivity index (χ1n) is 7.85. The first-order chi connectivity index (χ1) is 11.6. The Balaban J connectivity index is 1.54. The maximum atomic E-state index is 12.3. The monoisotopic (exact) mass is 346 g/mol. The molecule has 24 heavy (non-hydrogen) atoms. The van der Waals surface area contributed by atoms with Crippen LogP contribution in [0.1, 0.15) is 18.4 Å². The van der Waals surface area contributed by atoms with Crippen LogP contribution in [-0.4, -0.2) is 47.8 Å². The standard InChI is InChI=1S/C17H18N2O4S/c20-15(13-7-4-10-23-13)18-8-9-19-16(21)14(24-17(19)22)11-12-5-2-1-3-6-12/h1-3,5-6,11,13H,4,7-10H2,(H,18,20)/b14-11-. The average Bonchev–Trinajstić information content (AvgIpc) is 3.20. The molecule has 1 N–H and O–H groups in total. The number of carbonyl (C=O) groups excluding carboxylic acids is 3. The largest absolute Gasteiger partial charge is 0.368 e. The lowest BCUT2D eigenvalue weighted by Gasteiger charge is -2.14. The molecule has 3 amide bonds. The van der Waals surface area contributed by atoms with Crippen LogP contribution >= 0.6 is 11.8 Å². The van der Waals surface area contributed by atoms with E-state index in [9.17, 15) is 14.4 Å². The summed E-state index contributed by atoms with van der Waals surface area (Å²) in [5.74, 6) is -0.500. The van der Waals surface area contributed by atoms with Gasteiger partial charge in [-0.15, -0.1) is 0 Å². The average molecular weight is 346 g/mol. The fraction of sp³-hybridized carbons (Fsp3) is 0.353. The van der Waals surface area contributed by atoms with Gasteiger partial charge in [-0.1, -0.05) is 30.3 Å². The highest BCUT2D eigenvalue weighted by atomic mass is 32.2. The molecular formula is C17H18N2O4S. The second-order valence-electron chi connectivity index (χ2n) is 5.54. The highest BCUT2D eigenvalue weighted by Crippen LogP contribution is 2.31. The van der Waals surface area contributed by atoms with Crippen LogP contribution in [0.2, 0.25) is 0 Å². The summed E-state index contributed by atoms with van der Waals surface area (Å²) in [5, 5.41) is 2.41. The number of imide groups is 1. The number of nitrogens with one attached hydrogen (secondary N) is 1. The van der Waals surface area contributed by atoms with E-state index in [0.29, 0.717) is 17.9 Å². The quantitative estimate of drug-likeness (QED) is 0.826. The lowest BCUT2D eigenvalue weighted by Crippen LogP contribution is -2.40. The Labute approximate surface area is 144 Å². The Morgan fingerprint density at radius 2 is 2.12 bits per heavy atom. The van der Waals surface area contributed by atoms with Gasteiger partial charge in [0.05, 0.1) is 4.91 Å². The topological polar surface area (TPSA) is 75.7 Å². The second kappa shape index (κ2) is 7.63. The summed E-state index contributed by atoms with van der Waals surface area (Å²) in [4.78, 5) is 37.7. The molecule has 2 saturated heterocycles. The molecule has 7 heteroatoms. The molecule has 0 bridgehead atoms. The summed E-state index contributed by atoms with van der Waals surface area (Å²) >= 11 is 0.922. The van der Waals surface area contributed by atoms with Crippen molar-refractivity contribution in [3.8, 4) is 0 Å². The summed E-state index contributed by atoms with van der Waals surface area (Å²) in [6.45, 7) is 0.996. The van der Waals surface area contributed by atoms with Crippen LogP contribution < -0.4 is 5.32 Å². The number of hydrogen-bond acceptors (Lipinski definition) is 5. The van der Waals surface area contributed by atoms with Crippen LogP contribution in [0.4, 0.5) is 4.79 Å². The van der Waals surface area contributed by atoms with E-state index in [1.54, 1.807) is 6.08 Å². The number of rotatable bonds is 5. The van der Waals surface area contributed by atoms with Gasteiger partial charge in [-0.3, -0.25) is 19.3 Å². The van der Waals surface area contributed by atoms with Crippen molar-refractivity contribution in [1.29, 1.82) is 0 Å². The molecule has 2 fully saturated rings. The van der Waals surface area contributed by atoms with E-state index in [-0.39, 0.29) is 30.1 Å². The summed E-state index contributed by atoms with van der Waals surface area (Å²) < 4.78 is 5.29. The smallest absolute Gasteiger partial charge is 0.293 e. The zero-order valence-corrected chi connectivity index (χ0v) is 13.9. The van der Waals surface area contributed by atoms with Gasteiger partial charge in [0.25, 0.3) is 11.1 Å². The van der Waals surface area contributed by atoms with Crippen LogP contribution in [0, 0.1) is 0 Å². The minimum absolute atomic E-state index is 0.162. The van der Waals surface area contributed by atoms with E-state index in [4.69, 9.17) is 4.74 Å². The molecule has 2 heterocycles. The number of thioether (sulfide) groups is 1. The molecule has 1 unspecified atom stereocenters. The van der Waals surface area contributed by atoms with E-state index in [0.717, 1.165) is 28.6 Å². The van der Waals surface area contributed by atoms with Crippen molar-refractivity contribution >= 4 is 34.9 Å². The number of ether oxygens (including phenoxy) is 1. The minimum Gasteiger partial charge on any atom is -0.368 e. The lowest BCUT2D eigenvalue weighted by molar-refractivity contribution is -0.130. The van der Waals surface area contributed by atoms with Gasteiger partial charge in [0.2, 0.25) is 5.91 Å². The van der Waals surface area contributed by atoms with E-state index in [1.807, 2.05) is 30.3 Å². The van der Waals surface area contributed by atoms with Crippen molar-refractivity contribution in [3.05, 3.63) is 40.8 Å². The highest BCUT2D eigenvalue weighted by molar-refractivity contribution is 8.18. The molecule has 6 nitrogen and oxygen atoms in total. The molecular weight excluding hydrogens is 328 g/mol. The molecule has 0 aliphatic carbocycles. The van der Waals surface area contributed by atoms with Crippen LogP contribution in [0.15, 0.2) is 35.2 Å². The number of nitrogens with zero attached hydrogens (tertiary/aromatic N) is 1. The van der Waals surface area contributed by atoms with Gasteiger partial charge >= 0.3 is 0 Å². The molecule has 2 aliphatic rings. The van der Waals surface area contributed by atoms with Crippen molar-refractivity contribution in [2.45, 2.75) is 18.9 Å². The summed E-state index contributed by atoms with van der Waals surface area (Å²) in [5.41, 5.74) is 0.870. The molecule has 1 atom stereocenters. The SMILES string of the molecule is O=C(NCCN1C(=O)S/C(=C\c2ccccc2)C1=O)C1CCCO1. The van der Waals surface area contributed by atoms with Gasteiger partial charge in [0.1, 0.15) is 6.10 Å². The molecule has 0 aromatic heterocycles. The van der Waals surface area contributed by atoms with E-state index < -0.39 is 6.10 Å². The summed E-state index contributed by atoms with van der Waals surface area (Å²) in [6, 6.07) is 9.37. The number of hydrogen-bond donors (Lipinski definition) is 1. The van der Waals surface area contributed by atoms with Gasteiger partial charge in [-0.05, 0) is 36.2 Å². The van der Waals surface area contributed by atoms with E-state index >= 15 is 0 Å². The zero-order chi connectivity index (χ0) is 16.9. The second-order valence-corrected chi connectivity index (χ2v) is 6.53. The van der Waals surface area contributed by atoms with Crippen LogP contribution in [0.25, 0.3) is 6.08 Å². The van der Waals surface area contributed by atoms with Crippen LogP contribution in [0.3, 0.4) is 0 Å². The molecule has 3 rings (SSSR count). The number of carbonyl (C=O) groups is 3. The fourth-order valence-electron chi connectivity index (χ4n) is 2.58. The molecule has 0 spiro atoms. The predicted molar refractivity (Wildman–Crippen MR) is 91.1 cm³/mol. The van der Waals surface area contributed by atoms with Crippen molar-refractivity contribution in [1.82, 2.24) is 10.2 Å². The molecule has 1 aromatic carbocycles. The number of amides is 3. The summed E-state index contributed by atoms with van der Waals surface area (Å²) in [7, 11) is 0. The molecule has 2 aliphatic heterocycles. The Hall–Kier alpha value is -2.12. The molecule has 0 radical (unpaired) electrons. The van der Waals surface area contributed by atoms with Crippen molar-refractivity contribution in [3.63, 3.8) is 0 Å². The Bertz CT molecular complexity index is 668. The Morgan fingerprint density at radius 3 is 2.83 bits per heavy atom. The van der Waals surface area contributed by atoms with Gasteiger partial charge in [0.15, 0.2) is 0 Å². The van der Waals surface area contributed by atoms with Gasteiger partial charge < -0.3 is 10.1 Å². The first-order valence-corrected chi connectivity index (χ1v) is 8.66. The van der Waals surface area contributed by atoms with Crippen molar-refractivity contribution in [2.75, 3.05) is 19.7 Å². The van der Waals surface area contributed by atoms with Crippen molar-refractivity contribution in [2.24, 2.45) is 0 Å². The molecule has 0 saturated carbocycles. The maximum Gasteiger partial charge on any atom is 0.293 e. The zero-order valence-electron chi connectivity index (χ0n) is 13.1. The predicted octanol–water partition coefficient (Wildman–Crippen LogP) is 2.02.